The average molecular weight is 533 g/mol. The Balaban J connectivity index is 1.28. The summed E-state index contributed by atoms with van der Waals surface area (Å²) in [5, 5.41) is 1.61. The molecular weight excluding hydrogens is 487 g/mol. The van der Waals surface area contributed by atoms with Crippen LogP contribution >= 0.6 is 0 Å². The second-order valence-corrected chi connectivity index (χ2v) is 11.2. The van der Waals surface area contributed by atoms with E-state index in [-0.39, 0.29) is 5.82 Å². The molecule has 0 nitrogen and oxygen atoms in total. The lowest BCUT2D eigenvalue weighted by molar-refractivity contribution is 0.603. The van der Waals surface area contributed by atoms with Gasteiger partial charge in [0.1, 0.15) is 5.82 Å². The monoisotopic (exact) mass is 532 g/mol. The van der Waals surface area contributed by atoms with Crippen molar-refractivity contribution in [2.75, 3.05) is 0 Å². The molecule has 40 heavy (non-hydrogen) atoms. The smallest absolute Gasteiger partial charge is 0.134 e. The molecule has 4 rings (SSSR count). The number of fused-ring (bicyclic) bond motifs is 1. The summed E-state index contributed by atoms with van der Waals surface area (Å²) in [5.74, 6) is 6.48. The molecule has 0 saturated heterocycles. The third kappa shape index (κ3) is 9.09. The van der Waals surface area contributed by atoms with Crippen LogP contribution in [0, 0.1) is 17.7 Å². The molecule has 4 aromatic rings. The fourth-order valence-electron chi connectivity index (χ4n) is 5.34. The largest absolute Gasteiger partial charge is 0.206 e. The van der Waals surface area contributed by atoms with Gasteiger partial charge in [-0.25, -0.2) is 4.39 Å². The van der Waals surface area contributed by atoms with Gasteiger partial charge in [-0.2, -0.15) is 0 Å². The molecule has 0 amide bonds. The maximum atomic E-state index is 15.0. The molecule has 4 aromatic carbocycles. The molecule has 0 radical (unpaired) electrons. The maximum absolute atomic E-state index is 15.0. The quantitative estimate of drug-likeness (QED) is 0.112. The molecule has 0 fully saturated rings. The lowest BCUT2D eigenvalue weighted by atomic mass is 9.99. The molecule has 0 atom stereocenters. The van der Waals surface area contributed by atoms with E-state index in [2.05, 4.69) is 74.2 Å². The molecule has 0 aliphatic heterocycles. The second kappa shape index (κ2) is 16.0. The summed E-state index contributed by atoms with van der Waals surface area (Å²) in [5.41, 5.74) is 6.93. The topological polar surface area (TPSA) is 0 Å². The Morgan fingerprint density at radius 3 is 1.70 bits per heavy atom. The molecule has 0 aliphatic rings. The van der Waals surface area contributed by atoms with Gasteiger partial charge in [0.15, 0.2) is 0 Å². The number of aryl methyl sites for hydroxylation is 4. The normalized spacial score (nSPS) is 11.0. The predicted molar refractivity (Wildman–Crippen MR) is 170 cm³/mol. The number of benzene rings is 4. The van der Waals surface area contributed by atoms with Crippen LogP contribution in [0.3, 0.4) is 0 Å². The molecule has 0 N–H and O–H groups in total. The highest BCUT2D eigenvalue weighted by molar-refractivity contribution is 5.85. The number of hydrogen-bond acceptors (Lipinski definition) is 0. The lowest BCUT2D eigenvalue weighted by Gasteiger charge is -2.07. The maximum Gasteiger partial charge on any atom is 0.134 e. The highest BCUT2D eigenvalue weighted by atomic mass is 19.1. The third-order valence-corrected chi connectivity index (χ3v) is 7.93. The van der Waals surface area contributed by atoms with Crippen LogP contribution in [-0.4, -0.2) is 0 Å². The molecule has 0 aromatic heterocycles. The predicted octanol–water partition coefficient (Wildman–Crippen LogP) is 10.8. The zero-order valence-corrected chi connectivity index (χ0v) is 24.6. The van der Waals surface area contributed by atoms with Crippen LogP contribution in [0.25, 0.3) is 10.8 Å². The molecule has 0 saturated carbocycles. The van der Waals surface area contributed by atoms with Crippen LogP contribution in [-0.2, 0) is 25.7 Å². The Bertz CT molecular complexity index is 1380. The number of hydrogen-bond donors (Lipinski definition) is 0. The van der Waals surface area contributed by atoms with E-state index in [9.17, 15) is 0 Å². The van der Waals surface area contributed by atoms with Gasteiger partial charge in [-0.05, 0) is 90.4 Å². The van der Waals surface area contributed by atoms with Crippen molar-refractivity contribution in [3.05, 3.63) is 118 Å². The minimum atomic E-state index is -0.0714. The average Bonchev–Trinajstić information content (AvgIpc) is 2.99. The lowest BCUT2D eigenvalue weighted by Crippen LogP contribution is -1.93. The van der Waals surface area contributed by atoms with E-state index in [1.54, 1.807) is 0 Å². The van der Waals surface area contributed by atoms with E-state index < -0.39 is 0 Å². The molecule has 0 bridgehead atoms. The molecule has 0 spiro atoms. The highest BCUT2D eigenvalue weighted by Gasteiger charge is 2.08. The summed E-state index contributed by atoms with van der Waals surface area (Å²) in [4.78, 5) is 0. The summed E-state index contributed by atoms with van der Waals surface area (Å²) in [6, 6.07) is 27.6. The first-order valence-corrected chi connectivity index (χ1v) is 15.6. The van der Waals surface area contributed by atoms with Crippen LogP contribution in [0.1, 0.15) is 105 Å². The fourth-order valence-corrected chi connectivity index (χ4v) is 5.34. The number of halogens is 1. The summed E-state index contributed by atoms with van der Waals surface area (Å²) < 4.78 is 15.0. The molecule has 0 heterocycles. The van der Waals surface area contributed by atoms with Gasteiger partial charge >= 0.3 is 0 Å². The zero-order chi connectivity index (χ0) is 28.0. The van der Waals surface area contributed by atoms with Gasteiger partial charge in [-0.1, -0.05) is 125 Å². The van der Waals surface area contributed by atoms with Gasteiger partial charge in [-0.15, -0.1) is 0 Å². The Labute approximate surface area is 242 Å². The van der Waals surface area contributed by atoms with Gasteiger partial charge in [0.2, 0.25) is 0 Å². The SMILES string of the molecule is CCCCCCCc1ccc(CCc2ccc(C#Cc3ccc4c(F)c(CCCCCC)ccc4c3)cc2)cc1. The van der Waals surface area contributed by atoms with Crippen LogP contribution in [0.15, 0.2) is 78.9 Å². The van der Waals surface area contributed by atoms with Crippen molar-refractivity contribution in [2.24, 2.45) is 0 Å². The first-order valence-electron chi connectivity index (χ1n) is 15.6. The Kier molecular flexibility index (Phi) is 11.9. The summed E-state index contributed by atoms with van der Waals surface area (Å²) in [7, 11) is 0. The summed E-state index contributed by atoms with van der Waals surface area (Å²) >= 11 is 0. The zero-order valence-electron chi connectivity index (χ0n) is 24.6. The molecule has 0 aliphatic carbocycles. The Morgan fingerprint density at radius 2 is 1.02 bits per heavy atom. The molecule has 1 heteroatoms. The van der Waals surface area contributed by atoms with Crippen molar-refractivity contribution in [2.45, 2.75) is 97.3 Å². The van der Waals surface area contributed by atoms with Gasteiger partial charge in [0.25, 0.3) is 0 Å². The van der Waals surface area contributed by atoms with E-state index in [0.717, 1.165) is 54.2 Å². The van der Waals surface area contributed by atoms with Crippen molar-refractivity contribution < 1.29 is 4.39 Å². The minimum Gasteiger partial charge on any atom is -0.206 e. The molecule has 0 unspecified atom stereocenters. The summed E-state index contributed by atoms with van der Waals surface area (Å²) in [6.45, 7) is 4.47. The second-order valence-electron chi connectivity index (χ2n) is 11.2. The van der Waals surface area contributed by atoms with Crippen LogP contribution < -0.4 is 0 Å². The van der Waals surface area contributed by atoms with Crippen molar-refractivity contribution in [1.82, 2.24) is 0 Å². The first-order chi connectivity index (χ1) is 19.7. The third-order valence-electron chi connectivity index (χ3n) is 7.93. The Hall–Kier alpha value is -3.37. The first kappa shape index (κ1) is 29.6. The standard InChI is InChI=1S/C39H45F/c1-3-5-7-9-10-12-31-14-16-32(17-15-31)18-19-33-20-22-34(23-21-33)24-25-35-26-29-38-37(30-35)28-27-36(39(38)40)13-11-8-6-4-2/h14-17,20-23,26-30H,3-13,18-19H2,1-2H3. The van der Waals surface area contributed by atoms with Gasteiger partial charge in [0, 0.05) is 16.5 Å². The summed E-state index contributed by atoms with van der Waals surface area (Å²) in [6.07, 6.45) is 15.4. The number of unbranched alkanes of at least 4 members (excludes halogenated alkanes) is 7. The van der Waals surface area contributed by atoms with Crippen molar-refractivity contribution in [3.8, 4) is 11.8 Å². The van der Waals surface area contributed by atoms with Crippen LogP contribution in [0.5, 0.6) is 0 Å². The van der Waals surface area contributed by atoms with Crippen molar-refractivity contribution in [1.29, 1.82) is 0 Å². The van der Waals surface area contributed by atoms with Crippen LogP contribution in [0.4, 0.5) is 4.39 Å². The van der Waals surface area contributed by atoms with Crippen LogP contribution in [0.2, 0.25) is 0 Å². The van der Waals surface area contributed by atoms with Crippen molar-refractivity contribution in [3.63, 3.8) is 0 Å². The van der Waals surface area contributed by atoms with E-state index in [4.69, 9.17) is 0 Å². The van der Waals surface area contributed by atoms with E-state index in [1.807, 2.05) is 30.3 Å². The van der Waals surface area contributed by atoms with E-state index in [0.29, 0.717) is 5.39 Å². The van der Waals surface area contributed by atoms with E-state index >= 15 is 4.39 Å². The minimum absolute atomic E-state index is 0.0714. The number of rotatable bonds is 14. The van der Waals surface area contributed by atoms with Gasteiger partial charge in [-0.3, -0.25) is 0 Å². The Morgan fingerprint density at radius 1 is 0.500 bits per heavy atom. The van der Waals surface area contributed by atoms with E-state index in [1.165, 1.54) is 68.1 Å². The molecular formula is C39H45F. The van der Waals surface area contributed by atoms with Crippen molar-refractivity contribution >= 4 is 10.8 Å². The molecule has 208 valence electrons. The highest BCUT2D eigenvalue weighted by Crippen LogP contribution is 2.24. The fraction of sp³-hybridized carbons (Fsp3) is 0.385. The van der Waals surface area contributed by atoms with Gasteiger partial charge in [0.05, 0.1) is 0 Å². The van der Waals surface area contributed by atoms with Gasteiger partial charge < -0.3 is 0 Å².